The van der Waals surface area contributed by atoms with Crippen molar-refractivity contribution >= 4 is 26.5 Å². The van der Waals surface area contributed by atoms with Crippen LogP contribution in [0, 0.1) is 0 Å². The molecule has 0 aliphatic carbocycles. The van der Waals surface area contributed by atoms with Crippen LogP contribution in [0.15, 0.2) is 65.6 Å². The topological polar surface area (TPSA) is 46.2 Å². The molecule has 0 amide bonds. The molecule has 0 spiro atoms. The number of rotatable bonds is 5. The molecule has 0 bridgehead atoms. The van der Waals surface area contributed by atoms with Gasteiger partial charge in [0.05, 0.1) is 10.6 Å². The molecule has 4 heteroatoms. The van der Waals surface area contributed by atoms with Gasteiger partial charge in [-0.05, 0) is 45.9 Å². The number of anilines is 1. The summed E-state index contributed by atoms with van der Waals surface area (Å²) >= 11 is 0. The molecule has 0 atom stereocenters. The number of hydrogen-bond donors (Lipinski definition) is 1. The van der Waals surface area contributed by atoms with Gasteiger partial charge in [-0.1, -0.05) is 76.2 Å². The van der Waals surface area contributed by atoms with Crippen molar-refractivity contribution in [1.29, 1.82) is 0 Å². The first-order valence-corrected chi connectivity index (χ1v) is 10.4. The van der Waals surface area contributed by atoms with E-state index in [1.165, 1.54) is 0 Å². The minimum atomic E-state index is -3.67. The number of fused-ring (bicyclic) bond motifs is 1. The van der Waals surface area contributed by atoms with Gasteiger partial charge in [0.15, 0.2) is 0 Å². The molecule has 0 radical (unpaired) electrons. The van der Waals surface area contributed by atoms with Gasteiger partial charge in [-0.3, -0.25) is 4.72 Å². The van der Waals surface area contributed by atoms with Crippen LogP contribution in [0.25, 0.3) is 10.8 Å². The van der Waals surface area contributed by atoms with Crippen molar-refractivity contribution in [2.24, 2.45) is 0 Å². The van der Waals surface area contributed by atoms with Crippen molar-refractivity contribution in [2.75, 3.05) is 4.72 Å². The summed E-state index contributed by atoms with van der Waals surface area (Å²) in [5.41, 5.74) is 2.74. The van der Waals surface area contributed by atoms with Crippen molar-refractivity contribution in [3.63, 3.8) is 0 Å². The SMILES string of the molecule is CC(C)c1cccc(C(C)C)c1NS(=O)(=O)c1ccc2ccccc2c1. The monoisotopic (exact) mass is 367 g/mol. The largest absolute Gasteiger partial charge is 0.279 e. The lowest BCUT2D eigenvalue weighted by molar-refractivity contribution is 0.601. The minimum absolute atomic E-state index is 0.225. The summed E-state index contributed by atoms with van der Waals surface area (Å²) in [7, 11) is -3.67. The highest BCUT2D eigenvalue weighted by molar-refractivity contribution is 7.92. The first-order chi connectivity index (χ1) is 12.3. The Bertz CT molecular complexity index is 1010. The zero-order valence-electron chi connectivity index (χ0n) is 15.7. The van der Waals surface area contributed by atoms with Gasteiger partial charge in [0, 0.05) is 0 Å². The Labute approximate surface area is 156 Å². The molecule has 0 aromatic heterocycles. The van der Waals surface area contributed by atoms with Gasteiger partial charge < -0.3 is 0 Å². The molecular weight excluding hydrogens is 342 g/mol. The molecule has 0 aliphatic rings. The third-order valence-corrected chi connectivity index (χ3v) is 5.99. The number of para-hydroxylation sites is 1. The molecule has 0 saturated heterocycles. The van der Waals surface area contributed by atoms with Crippen LogP contribution in [0.1, 0.15) is 50.7 Å². The van der Waals surface area contributed by atoms with E-state index in [1.54, 1.807) is 12.1 Å². The Morgan fingerprint density at radius 3 is 1.88 bits per heavy atom. The Hall–Kier alpha value is -2.33. The highest BCUT2D eigenvalue weighted by Crippen LogP contribution is 2.34. The van der Waals surface area contributed by atoms with E-state index in [1.807, 2.05) is 48.5 Å². The molecule has 3 nitrogen and oxygen atoms in total. The minimum Gasteiger partial charge on any atom is -0.279 e. The number of nitrogens with one attached hydrogen (secondary N) is 1. The van der Waals surface area contributed by atoms with E-state index >= 15 is 0 Å². The van der Waals surface area contributed by atoms with Crippen LogP contribution in [-0.2, 0) is 10.0 Å². The van der Waals surface area contributed by atoms with E-state index in [2.05, 4.69) is 32.4 Å². The Kier molecular flexibility index (Phi) is 5.05. The maximum Gasteiger partial charge on any atom is 0.261 e. The molecule has 26 heavy (non-hydrogen) atoms. The fourth-order valence-corrected chi connectivity index (χ4v) is 4.35. The lowest BCUT2D eigenvalue weighted by Crippen LogP contribution is -2.16. The molecule has 3 aromatic rings. The normalized spacial score (nSPS) is 12.1. The van der Waals surface area contributed by atoms with Crippen LogP contribution in [0.2, 0.25) is 0 Å². The molecule has 3 rings (SSSR count). The maximum absolute atomic E-state index is 13.1. The molecule has 0 fully saturated rings. The van der Waals surface area contributed by atoms with Crippen LogP contribution < -0.4 is 4.72 Å². The van der Waals surface area contributed by atoms with Crippen LogP contribution >= 0.6 is 0 Å². The summed E-state index contributed by atoms with van der Waals surface area (Å²) in [6, 6.07) is 19.0. The van der Waals surface area contributed by atoms with E-state index in [0.717, 1.165) is 21.9 Å². The van der Waals surface area contributed by atoms with E-state index in [0.29, 0.717) is 5.69 Å². The van der Waals surface area contributed by atoms with E-state index < -0.39 is 10.0 Å². The summed E-state index contributed by atoms with van der Waals surface area (Å²) in [6.07, 6.45) is 0. The van der Waals surface area contributed by atoms with Gasteiger partial charge in [-0.25, -0.2) is 8.42 Å². The molecule has 0 aliphatic heterocycles. The Morgan fingerprint density at radius 1 is 0.731 bits per heavy atom. The van der Waals surface area contributed by atoms with Gasteiger partial charge in [0.2, 0.25) is 0 Å². The quantitative estimate of drug-likeness (QED) is 0.611. The first kappa shape index (κ1) is 18.5. The summed E-state index contributed by atoms with van der Waals surface area (Å²) in [5.74, 6) is 0.450. The zero-order chi connectivity index (χ0) is 18.9. The first-order valence-electron chi connectivity index (χ1n) is 8.94. The van der Waals surface area contributed by atoms with Crippen LogP contribution in [0.3, 0.4) is 0 Å². The van der Waals surface area contributed by atoms with Gasteiger partial charge >= 0.3 is 0 Å². The molecule has 0 unspecified atom stereocenters. The Morgan fingerprint density at radius 2 is 1.31 bits per heavy atom. The number of hydrogen-bond acceptors (Lipinski definition) is 2. The summed E-state index contributed by atoms with van der Waals surface area (Å²) in [5, 5.41) is 1.94. The van der Waals surface area contributed by atoms with Gasteiger partial charge in [0.1, 0.15) is 0 Å². The van der Waals surface area contributed by atoms with E-state index in [9.17, 15) is 8.42 Å². The number of benzene rings is 3. The number of sulfonamides is 1. The summed E-state index contributed by atoms with van der Waals surface area (Å²) in [6.45, 7) is 8.31. The molecule has 136 valence electrons. The highest BCUT2D eigenvalue weighted by atomic mass is 32.2. The lowest BCUT2D eigenvalue weighted by atomic mass is 9.93. The van der Waals surface area contributed by atoms with Crippen LogP contribution in [0.5, 0.6) is 0 Å². The molecule has 0 saturated carbocycles. The molecular formula is C22H25NO2S. The van der Waals surface area contributed by atoms with Crippen LogP contribution in [0.4, 0.5) is 5.69 Å². The third-order valence-electron chi connectivity index (χ3n) is 4.64. The van der Waals surface area contributed by atoms with Gasteiger partial charge in [-0.15, -0.1) is 0 Å². The third kappa shape index (κ3) is 3.61. The lowest BCUT2D eigenvalue weighted by Gasteiger charge is -2.21. The predicted octanol–water partition coefficient (Wildman–Crippen LogP) is 5.89. The fraction of sp³-hybridized carbons (Fsp3) is 0.273. The molecule has 0 heterocycles. The Balaban J connectivity index is 2.09. The molecule has 3 aromatic carbocycles. The summed E-state index contributed by atoms with van der Waals surface area (Å²) < 4.78 is 29.0. The standard InChI is InChI=1S/C22H25NO2S/c1-15(2)20-10-7-11-21(16(3)4)22(20)23-26(24,25)19-13-12-17-8-5-6-9-18(17)14-19/h5-16,23H,1-4H3. The van der Waals surface area contributed by atoms with E-state index in [-0.39, 0.29) is 16.7 Å². The van der Waals surface area contributed by atoms with Crippen molar-refractivity contribution in [3.8, 4) is 0 Å². The van der Waals surface area contributed by atoms with Gasteiger partial charge in [0.25, 0.3) is 10.0 Å². The van der Waals surface area contributed by atoms with Crippen LogP contribution in [-0.4, -0.2) is 8.42 Å². The second-order valence-electron chi connectivity index (χ2n) is 7.24. The van der Waals surface area contributed by atoms with Crippen molar-refractivity contribution < 1.29 is 8.42 Å². The summed E-state index contributed by atoms with van der Waals surface area (Å²) in [4.78, 5) is 0.282. The second-order valence-corrected chi connectivity index (χ2v) is 8.92. The van der Waals surface area contributed by atoms with Crippen molar-refractivity contribution in [1.82, 2.24) is 0 Å². The van der Waals surface area contributed by atoms with Gasteiger partial charge in [-0.2, -0.15) is 0 Å². The van der Waals surface area contributed by atoms with Crippen molar-refractivity contribution in [3.05, 3.63) is 71.8 Å². The highest BCUT2D eigenvalue weighted by Gasteiger charge is 2.21. The second kappa shape index (κ2) is 7.12. The smallest absolute Gasteiger partial charge is 0.261 e. The average molecular weight is 368 g/mol. The zero-order valence-corrected chi connectivity index (χ0v) is 16.5. The van der Waals surface area contributed by atoms with Crippen molar-refractivity contribution in [2.45, 2.75) is 44.4 Å². The average Bonchev–Trinajstić information content (AvgIpc) is 2.60. The fourth-order valence-electron chi connectivity index (χ4n) is 3.20. The maximum atomic E-state index is 13.1. The van der Waals surface area contributed by atoms with E-state index in [4.69, 9.17) is 0 Å². The molecule has 1 N–H and O–H groups in total. The predicted molar refractivity (Wildman–Crippen MR) is 109 cm³/mol.